The zero-order valence-corrected chi connectivity index (χ0v) is 49.2. The number of nitrogens with zero attached hydrogens (tertiary/aromatic N) is 2. The second-order valence-electron chi connectivity index (χ2n) is 21.4. The SMILES string of the molecule is CNCCCC[C@@H]1NC(=O)CCSCc2cccc(c2)CSCCCC(=O)C2CCCN2C(=O)[C@H](Cc2ccccc2)NC(=O)[C@H](COC)NC(=O)[C@@H]2CCCN2C(=O)C(Cc2c[nH]c3ccc(F)cc23)NC(=O)[C@H](C)NC(=O)CNC1=O. The highest BCUT2D eigenvalue weighted by Crippen LogP contribution is 2.26. The lowest BCUT2D eigenvalue weighted by Gasteiger charge is -2.31. The number of H-pyrrole nitrogens is 1. The Bertz CT molecular complexity index is 2900. The van der Waals surface area contributed by atoms with Gasteiger partial charge in [-0.3, -0.25) is 43.2 Å². The summed E-state index contributed by atoms with van der Waals surface area (Å²) < 4.78 is 20.1. The molecule has 8 N–H and O–H groups in total. The number of methoxy groups -OCH3 is 1. The summed E-state index contributed by atoms with van der Waals surface area (Å²) in [5, 5.41) is 20.0. The fourth-order valence-electron chi connectivity index (χ4n) is 10.7. The van der Waals surface area contributed by atoms with Crippen LogP contribution in [0.3, 0.4) is 0 Å². The lowest BCUT2D eigenvalue weighted by molar-refractivity contribution is -0.143. The number of hydrogen-bond donors (Lipinski definition) is 8. The number of hydrogen-bond acceptors (Lipinski definition) is 13. The molecule has 0 saturated carbocycles. The van der Waals surface area contributed by atoms with Crippen molar-refractivity contribution in [3.05, 3.63) is 107 Å². The highest BCUT2D eigenvalue weighted by atomic mass is 32.2. The molecule has 83 heavy (non-hydrogen) atoms. The second kappa shape index (κ2) is 32.3. The number of rotatable bonds is 11. The molecule has 2 fully saturated rings. The van der Waals surface area contributed by atoms with Gasteiger partial charge in [0, 0.05) is 80.2 Å². The quantitative estimate of drug-likeness (QED) is 0.100. The number of carbonyl (C=O) groups is 9. The van der Waals surface area contributed by atoms with E-state index in [1.54, 1.807) is 40.7 Å². The third kappa shape index (κ3) is 18.8. The number of carbonyl (C=O) groups excluding carboxylic acids is 9. The molecule has 3 aliphatic heterocycles. The minimum absolute atomic E-state index is 0.0467. The molecular weight excluding hydrogens is 1100 g/mol. The minimum Gasteiger partial charge on any atom is -0.382 e. The second-order valence-corrected chi connectivity index (χ2v) is 23.6. The van der Waals surface area contributed by atoms with E-state index in [4.69, 9.17) is 4.74 Å². The molecule has 7 atom stereocenters. The number of thioether (sulfide) groups is 2. The number of aromatic amines is 1. The van der Waals surface area contributed by atoms with E-state index in [2.05, 4.69) is 54.3 Å². The molecule has 23 heteroatoms. The normalized spacial score (nSPS) is 24.2. The Kier molecular flexibility index (Phi) is 24.8. The van der Waals surface area contributed by atoms with Crippen LogP contribution in [0.2, 0.25) is 0 Å². The first kappa shape index (κ1) is 63.8. The molecule has 4 heterocycles. The molecule has 0 aliphatic carbocycles. The van der Waals surface area contributed by atoms with Gasteiger partial charge in [0.2, 0.25) is 47.3 Å². The van der Waals surface area contributed by atoms with Gasteiger partial charge in [0.25, 0.3) is 0 Å². The minimum atomic E-state index is -1.35. The number of unbranched alkanes of at least 4 members (excludes halogenated alkanes) is 1. The molecule has 2 unspecified atom stereocenters. The summed E-state index contributed by atoms with van der Waals surface area (Å²) in [6.07, 6.45) is 5.96. The fourth-order valence-corrected chi connectivity index (χ4v) is 12.5. The maximum absolute atomic E-state index is 14.9. The molecule has 2 bridgehead atoms. The summed E-state index contributed by atoms with van der Waals surface area (Å²) in [5.74, 6) is -2.80. The largest absolute Gasteiger partial charge is 0.382 e. The van der Waals surface area contributed by atoms with Crippen molar-refractivity contribution in [1.29, 1.82) is 0 Å². The van der Waals surface area contributed by atoms with Crippen molar-refractivity contribution in [2.24, 2.45) is 0 Å². The highest BCUT2D eigenvalue weighted by molar-refractivity contribution is 7.98. The third-order valence-corrected chi connectivity index (χ3v) is 17.3. The summed E-state index contributed by atoms with van der Waals surface area (Å²) >= 11 is 3.31. The van der Waals surface area contributed by atoms with Gasteiger partial charge >= 0.3 is 0 Å². The maximum Gasteiger partial charge on any atom is 0.246 e. The summed E-state index contributed by atoms with van der Waals surface area (Å²) in [6.45, 7) is 1.73. The first-order valence-electron chi connectivity index (χ1n) is 28.7. The average molecular weight is 1180 g/mol. The van der Waals surface area contributed by atoms with Gasteiger partial charge < -0.3 is 56.7 Å². The Hall–Kier alpha value is -6.82. The van der Waals surface area contributed by atoms with Crippen molar-refractivity contribution >= 4 is 87.5 Å². The van der Waals surface area contributed by atoms with Crippen molar-refractivity contribution in [3.8, 4) is 0 Å². The first-order chi connectivity index (χ1) is 40.1. The Morgan fingerprint density at radius 2 is 1.33 bits per heavy atom. The van der Waals surface area contributed by atoms with Crippen LogP contribution in [0.1, 0.15) is 93.4 Å². The molecule has 0 spiro atoms. The number of nitrogens with one attached hydrogen (secondary N) is 8. The van der Waals surface area contributed by atoms with Gasteiger partial charge in [-0.2, -0.15) is 23.5 Å². The predicted octanol–water partition coefficient (Wildman–Crippen LogP) is 3.59. The molecule has 7 rings (SSSR count). The van der Waals surface area contributed by atoms with E-state index in [1.165, 1.54) is 31.1 Å². The smallest absolute Gasteiger partial charge is 0.246 e. The van der Waals surface area contributed by atoms with E-state index in [0.717, 1.165) is 34.6 Å². The zero-order chi connectivity index (χ0) is 59.3. The van der Waals surface area contributed by atoms with Crippen LogP contribution in [-0.4, -0.2) is 169 Å². The zero-order valence-electron chi connectivity index (χ0n) is 47.6. The predicted molar refractivity (Wildman–Crippen MR) is 317 cm³/mol. The maximum atomic E-state index is 14.9. The molecule has 8 amide bonds. The summed E-state index contributed by atoms with van der Waals surface area (Å²) in [5.41, 5.74) is 4.04. The number of halogens is 1. The van der Waals surface area contributed by atoms with Crippen LogP contribution in [0.4, 0.5) is 4.39 Å². The molecule has 1 aromatic heterocycles. The Balaban J connectivity index is 1.12. The van der Waals surface area contributed by atoms with Gasteiger partial charge in [0.05, 0.1) is 19.2 Å². The summed E-state index contributed by atoms with van der Waals surface area (Å²) in [6, 6.07) is 13.8. The van der Waals surface area contributed by atoms with Crippen molar-refractivity contribution in [3.63, 3.8) is 0 Å². The molecule has 4 aromatic rings. The molecule has 20 nitrogen and oxygen atoms in total. The van der Waals surface area contributed by atoms with E-state index in [0.29, 0.717) is 79.6 Å². The van der Waals surface area contributed by atoms with E-state index >= 15 is 0 Å². The topological polar surface area (TPSA) is 269 Å². The van der Waals surface area contributed by atoms with Crippen LogP contribution >= 0.6 is 23.5 Å². The van der Waals surface area contributed by atoms with Crippen molar-refractivity contribution in [2.75, 3.05) is 58.4 Å². The Morgan fingerprint density at radius 3 is 2.05 bits per heavy atom. The number of amides is 8. The monoisotopic (exact) mass is 1180 g/mol. The van der Waals surface area contributed by atoms with E-state index < -0.39 is 96.0 Å². The van der Waals surface area contributed by atoms with Crippen molar-refractivity contribution < 1.29 is 52.3 Å². The number of aromatic nitrogens is 1. The molecule has 3 aliphatic rings. The van der Waals surface area contributed by atoms with Gasteiger partial charge in [-0.25, -0.2) is 4.39 Å². The third-order valence-electron chi connectivity index (χ3n) is 15.1. The van der Waals surface area contributed by atoms with Gasteiger partial charge in [-0.15, -0.1) is 0 Å². The van der Waals surface area contributed by atoms with Crippen LogP contribution in [0.15, 0.2) is 79.0 Å². The summed E-state index contributed by atoms with van der Waals surface area (Å²) in [7, 11) is 3.18. The lowest BCUT2D eigenvalue weighted by Crippen LogP contribution is -2.60. The van der Waals surface area contributed by atoms with Crippen molar-refractivity contribution in [1.82, 2.24) is 52.0 Å². The van der Waals surface area contributed by atoms with Crippen LogP contribution < -0.4 is 37.2 Å². The standard InChI is InChI=1S/C60H79FN10O10S2/c1-38-55(75)67-48(31-42-33-63-45-22-21-43(61)32-44(42)45)60(80)71-26-11-19-51(71)58(78)69-49(35-81-3)57(77)68-47(30-39-13-5-4-6-14-39)59(79)70-25-10-18-50(70)52(72)20-12-27-82-36-40-15-9-16-41(29-40)37-83-28-23-53(73)66-46(17-7-8-24-62-2)56(76)64-34-54(74)65-38/h4-6,9,13-16,21-22,29,32-33,38,46-51,62-63H,7-8,10-12,17-20,23-28,30-31,34-37H2,1-3H3,(H,64,76)(H,65,74)(H,66,73)(H,67,75)(H,68,77)(H,69,78)/t38-,46-,47-,48?,49-,50?,51-/m0/s1. The van der Waals surface area contributed by atoms with Crippen LogP contribution in [-0.2, 0) is 72.2 Å². The Morgan fingerprint density at radius 1 is 0.651 bits per heavy atom. The lowest BCUT2D eigenvalue weighted by atomic mass is 10.0. The van der Waals surface area contributed by atoms with Gasteiger partial charge in [0.15, 0.2) is 5.78 Å². The molecule has 3 aromatic carbocycles. The highest BCUT2D eigenvalue weighted by Gasteiger charge is 2.42. The van der Waals surface area contributed by atoms with Crippen LogP contribution in [0, 0.1) is 5.82 Å². The van der Waals surface area contributed by atoms with Crippen LogP contribution in [0.25, 0.3) is 10.9 Å². The first-order valence-corrected chi connectivity index (χ1v) is 31.0. The van der Waals surface area contributed by atoms with E-state index in [1.807, 2.05) is 49.5 Å². The number of ketones is 1. The molecule has 2 saturated heterocycles. The number of Topliss-reactive ketones (excluding diaryl/α,β-unsaturated/α-hetero) is 1. The number of ether oxygens (including phenoxy) is 1. The van der Waals surface area contributed by atoms with Crippen molar-refractivity contribution in [2.45, 2.75) is 138 Å². The summed E-state index contributed by atoms with van der Waals surface area (Å²) in [4.78, 5) is 132. The molecular formula is C60H79FN10O10S2. The van der Waals surface area contributed by atoms with Crippen LogP contribution in [0.5, 0.6) is 0 Å². The fraction of sp³-hybridized carbons (Fsp3) is 0.517. The van der Waals surface area contributed by atoms with E-state index in [9.17, 15) is 47.5 Å². The Labute approximate surface area is 492 Å². The number of benzene rings is 3. The van der Waals surface area contributed by atoms with Gasteiger partial charge in [-0.1, -0.05) is 54.6 Å². The average Bonchev–Trinajstić information content (AvgIpc) is 4.42. The number of fused-ring (bicyclic) bond motifs is 5. The molecule has 448 valence electrons. The van der Waals surface area contributed by atoms with Gasteiger partial charge in [-0.05, 0) is 118 Å². The van der Waals surface area contributed by atoms with E-state index in [-0.39, 0.29) is 56.9 Å². The van der Waals surface area contributed by atoms with Gasteiger partial charge in [0.1, 0.15) is 42.1 Å². The molecule has 0 radical (unpaired) electrons.